The number of amides is 1. The molecule has 0 radical (unpaired) electrons. The van der Waals surface area contributed by atoms with Crippen LogP contribution in [0.3, 0.4) is 0 Å². The fourth-order valence-corrected chi connectivity index (χ4v) is 2.76. The lowest BCUT2D eigenvalue weighted by Crippen LogP contribution is -2.24. The Morgan fingerprint density at radius 2 is 1.93 bits per heavy atom. The van der Waals surface area contributed by atoms with Crippen LogP contribution in [-0.2, 0) is 4.79 Å². The molecule has 146 valence electrons. The number of methoxy groups -OCH3 is 1. The van der Waals surface area contributed by atoms with E-state index in [1.807, 2.05) is 37.5 Å². The summed E-state index contributed by atoms with van der Waals surface area (Å²) < 4.78 is 17.6. The third-order valence-electron chi connectivity index (χ3n) is 4.14. The molecule has 0 saturated heterocycles. The van der Waals surface area contributed by atoms with Crippen LogP contribution < -0.4 is 14.9 Å². The monoisotopic (exact) mass is 382 g/mol. The first kappa shape index (κ1) is 19.2. The number of ether oxygens (including phenoxy) is 2. The number of nitrogens with one attached hydrogen (secondary N) is 1. The fraction of sp³-hybridized carbons (Fsp3) is 0.250. The van der Waals surface area contributed by atoms with E-state index in [1.54, 1.807) is 37.6 Å². The minimum Gasteiger partial charge on any atom is -0.497 e. The van der Waals surface area contributed by atoms with Gasteiger partial charge in [0, 0.05) is 23.0 Å². The molecule has 28 heavy (non-hydrogen) atoms. The molecule has 1 aromatic carbocycles. The number of hydrazone groups is 1. The Morgan fingerprint density at radius 3 is 2.57 bits per heavy atom. The molecule has 0 atom stereocenters. The van der Waals surface area contributed by atoms with Crippen molar-refractivity contribution < 1.29 is 18.8 Å². The van der Waals surface area contributed by atoms with Crippen LogP contribution in [0.5, 0.6) is 11.5 Å². The van der Waals surface area contributed by atoms with Gasteiger partial charge in [-0.25, -0.2) is 5.43 Å². The van der Waals surface area contributed by atoms with Crippen molar-refractivity contribution in [2.45, 2.75) is 20.8 Å². The average Bonchev–Trinajstić information content (AvgIpc) is 3.23. The summed E-state index contributed by atoms with van der Waals surface area (Å²) in [6, 6.07) is 10.8. The molecule has 1 N–H and O–H groups in total. The number of carbonyl (C=O) groups is 1. The van der Waals surface area contributed by atoms with E-state index in [0.29, 0.717) is 11.6 Å². The van der Waals surface area contributed by atoms with E-state index < -0.39 is 0 Å². The maximum atomic E-state index is 11.9. The zero-order valence-electron chi connectivity index (χ0n) is 16.2. The van der Waals surface area contributed by atoms with Crippen LogP contribution in [0.25, 0.3) is 5.82 Å². The van der Waals surface area contributed by atoms with Crippen LogP contribution in [0.2, 0.25) is 0 Å². The minimum atomic E-state index is -0.354. The van der Waals surface area contributed by atoms with Gasteiger partial charge in [0.1, 0.15) is 17.3 Å². The quantitative estimate of drug-likeness (QED) is 0.501. The average molecular weight is 382 g/mol. The van der Waals surface area contributed by atoms with E-state index in [1.165, 1.54) is 0 Å². The van der Waals surface area contributed by atoms with Gasteiger partial charge in [-0.2, -0.15) is 5.10 Å². The van der Waals surface area contributed by atoms with Gasteiger partial charge in [-0.1, -0.05) is 5.16 Å². The zero-order valence-corrected chi connectivity index (χ0v) is 16.2. The molecule has 1 amide bonds. The number of aryl methyl sites for hydroxylation is 2. The maximum absolute atomic E-state index is 11.9. The van der Waals surface area contributed by atoms with E-state index in [0.717, 1.165) is 28.5 Å². The molecule has 0 aliphatic heterocycles. The Kier molecular flexibility index (Phi) is 5.78. The summed E-state index contributed by atoms with van der Waals surface area (Å²) in [6.45, 7) is 5.63. The number of aromatic nitrogens is 2. The number of hydrogen-bond acceptors (Lipinski definition) is 6. The second kappa shape index (κ2) is 8.43. The van der Waals surface area contributed by atoms with Crippen LogP contribution in [0.15, 0.2) is 46.0 Å². The molecule has 2 heterocycles. The number of benzene rings is 1. The summed E-state index contributed by atoms with van der Waals surface area (Å²) in [5, 5.41) is 8.06. The molecule has 0 saturated carbocycles. The van der Waals surface area contributed by atoms with E-state index in [-0.39, 0.29) is 12.5 Å². The van der Waals surface area contributed by atoms with Crippen molar-refractivity contribution in [2.24, 2.45) is 5.10 Å². The van der Waals surface area contributed by atoms with Crippen molar-refractivity contribution in [1.82, 2.24) is 15.1 Å². The lowest BCUT2D eigenvalue weighted by Gasteiger charge is -2.06. The van der Waals surface area contributed by atoms with Crippen LogP contribution >= 0.6 is 0 Å². The van der Waals surface area contributed by atoms with Crippen LogP contribution in [0, 0.1) is 20.8 Å². The molecule has 0 bridgehead atoms. The maximum Gasteiger partial charge on any atom is 0.277 e. The smallest absolute Gasteiger partial charge is 0.277 e. The van der Waals surface area contributed by atoms with Crippen molar-refractivity contribution in [2.75, 3.05) is 13.7 Å². The topological polar surface area (TPSA) is 90.9 Å². The second-order valence-electron chi connectivity index (χ2n) is 6.22. The number of nitrogens with zero attached hydrogens (tertiary/aromatic N) is 3. The van der Waals surface area contributed by atoms with E-state index in [2.05, 4.69) is 15.7 Å². The lowest BCUT2D eigenvalue weighted by atomic mass is 10.3. The first-order valence-electron chi connectivity index (χ1n) is 8.69. The van der Waals surface area contributed by atoms with Gasteiger partial charge in [-0.05, 0) is 51.1 Å². The first-order chi connectivity index (χ1) is 13.5. The van der Waals surface area contributed by atoms with E-state index in [4.69, 9.17) is 14.0 Å². The fourth-order valence-electron chi connectivity index (χ4n) is 2.76. The number of rotatable bonds is 7. The Bertz CT molecular complexity index is 986. The van der Waals surface area contributed by atoms with Gasteiger partial charge in [0.2, 0.25) is 0 Å². The lowest BCUT2D eigenvalue weighted by molar-refractivity contribution is -0.123. The molecule has 2 aromatic heterocycles. The summed E-state index contributed by atoms with van der Waals surface area (Å²) in [7, 11) is 1.59. The number of carbonyl (C=O) groups excluding carboxylic acids is 1. The van der Waals surface area contributed by atoms with E-state index >= 15 is 0 Å². The zero-order chi connectivity index (χ0) is 20.1. The Morgan fingerprint density at radius 1 is 1.21 bits per heavy atom. The van der Waals surface area contributed by atoms with Crippen molar-refractivity contribution in [1.29, 1.82) is 0 Å². The number of hydrogen-bond donors (Lipinski definition) is 1. The van der Waals surface area contributed by atoms with Gasteiger partial charge in [-0.15, -0.1) is 0 Å². The van der Waals surface area contributed by atoms with Gasteiger partial charge in [0.15, 0.2) is 12.4 Å². The van der Waals surface area contributed by atoms with Gasteiger partial charge in [-0.3, -0.25) is 9.36 Å². The SMILES string of the molecule is COc1ccc(OCC(=O)N/N=C\c2cc(C)n(-c3cc(C)on3)c2C)cc1. The third-order valence-corrected chi connectivity index (χ3v) is 4.14. The van der Waals surface area contributed by atoms with Crippen molar-refractivity contribution in [3.8, 4) is 17.3 Å². The van der Waals surface area contributed by atoms with Crippen LogP contribution in [0.1, 0.15) is 22.7 Å². The molecule has 0 aliphatic rings. The van der Waals surface area contributed by atoms with Gasteiger partial charge in [0.25, 0.3) is 5.91 Å². The first-order valence-corrected chi connectivity index (χ1v) is 8.69. The van der Waals surface area contributed by atoms with Gasteiger partial charge in [0.05, 0.1) is 13.3 Å². The summed E-state index contributed by atoms with van der Waals surface area (Å²) in [5.74, 6) is 2.39. The van der Waals surface area contributed by atoms with Crippen molar-refractivity contribution >= 4 is 12.1 Å². The molecule has 3 rings (SSSR count). The van der Waals surface area contributed by atoms with Crippen LogP contribution in [0.4, 0.5) is 0 Å². The van der Waals surface area contributed by atoms with Gasteiger partial charge >= 0.3 is 0 Å². The molecule has 3 aromatic rings. The highest BCUT2D eigenvalue weighted by Crippen LogP contribution is 2.19. The molecule has 8 heteroatoms. The second-order valence-corrected chi connectivity index (χ2v) is 6.22. The molecule has 0 unspecified atom stereocenters. The highest BCUT2D eigenvalue weighted by Gasteiger charge is 2.12. The predicted octanol–water partition coefficient (Wildman–Crippen LogP) is 2.93. The summed E-state index contributed by atoms with van der Waals surface area (Å²) in [4.78, 5) is 11.9. The molecular weight excluding hydrogens is 360 g/mol. The standard InChI is InChI=1S/C20H22N4O4/c1-13-9-16(15(3)24(13)19-10-14(2)28-23-19)11-21-22-20(25)12-27-18-7-5-17(26-4)6-8-18/h5-11H,12H2,1-4H3,(H,22,25)/b21-11-. The highest BCUT2D eigenvalue weighted by atomic mass is 16.5. The largest absolute Gasteiger partial charge is 0.497 e. The molecule has 0 fully saturated rings. The Hall–Kier alpha value is -3.55. The molecule has 8 nitrogen and oxygen atoms in total. The van der Waals surface area contributed by atoms with E-state index in [9.17, 15) is 4.79 Å². The van der Waals surface area contributed by atoms with Crippen molar-refractivity contribution in [3.05, 3.63) is 59.1 Å². The van der Waals surface area contributed by atoms with Gasteiger partial charge < -0.3 is 14.0 Å². The summed E-state index contributed by atoms with van der Waals surface area (Å²) in [6.07, 6.45) is 1.59. The summed E-state index contributed by atoms with van der Waals surface area (Å²) >= 11 is 0. The normalized spacial score (nSPS) is 11.0. The molecule has 0 spiro atoms. The third kappa shape index (κ3) is 4.40. The Labute approximate surface area is 162 Å². The van der Waals surface area contributed by atoms with Crippen molar-refractivity contribution in [3.63, 3.8) is 0 Å². The summed E-state index contributed by atoms with van der Waals surface area (Å²) in [5.41, 5.74) is 5.26. The Balaban J connectivity index is 1.57. The predicted molar refractivity (Wildman–Crippen MR) is 104 cm³/mol. The van der Waals surface area contributed by atoms with Crippen LogP contribution in [-0.4, -0.2) is 35.6 Å². The molecular formula is C20H22N4O4. The molecule has 0 aliphatic carbocycles. The highest BCUT2D eigenvalue weighted by molar-refractivity contribution is 5.84. The minimum absolute atomic E-state index is 0.138.